The van der Waals surface area contributed by atoms with Gasteiger partial charge >= 0.3 is 0 Å². The molecular weight excluding hydrogens is 353 g/mol. The minimum absolute atomic E-state index is 0.200. The van der Waals surface area contributed by atoms with Gasteiger partial charge in [0.2, 0.25) is 0 Å². The highest BCUT2D eigenvalue weighted by Crippen LogP contribution is 2.16. The lowest BCUT2D eigenvalue weighted by Gasteiger charge is -2.18. The maximum Gasteiger partial charge on any atom is 0.0945 e. The first-order chi connectivity index (χ1) is 8.99. The lowest BCUT2D eigenvalue weighted by Crippen LogP contribution is -2.27. The molecule has 0 heterocycles. The molecule has 0 fully saturated rings. The van der Waals surface area contributed by atoms with E-state index >= 15 is 0 Å². The molecule has 0 aliphatic heterocycles. The van der Waals surface area contributed by atoms with Crippen LogP contribution >= 0.6 is 22.6 Å². The molecule has 0 aliphatic carbocycles. The third kappa shape index (κ3) is 7.13. The number of aliphatic hydroxyl groups excluding tert-OH is 1. The molecule has 1 rings (SSSR count). The highest BCUT2D eigenvalue weighted by molar-refractivity contribution is 14.1. The van der Waals surface area contributed by atoms with E-state index in [1.54, 1.807) is 0 Å². The first kappa shape index (κ1) is 16.7. The minimum Gasteiger partial charge on any atom is -0.389 e. The summed E-state index contributed by atoms with van der Waals surface area (Å²) in [5.74, 6) is 0.621. The Kier molecular flexibility index (Phi) is 7.71. The number of anilines is 1. The molecule has 2 unspecified atom stereocenters. The number of rotatable bonds is 8. The van der Waals surface area contributed by atoms with Crippen LogP contribution in [0.25, 0.3) is 0 Å². The first-order valence-corrected chi connectivity index (χ1v) is 7.85. The van der Waals surface area contributed by atoms with Crippen molar-refractivity contribution in [3.63, 3.8) is 0 Å². The number of nitrogens with one attached hydrogen (secondary N) is 1. The zero-order valence-electron chi connectivity index (χ0n) is 11.9. The Labute approximate surface area is 129 Å². The Morgan fingerprint density at radius 2 is 1.95 bits per heavy atom. The highest BCUT2D eigenvalue weighted by Gasteiger charge is 2.10. The number of ether oxygens (including phenoxy) is 1. The van der Waals surface area contributed by atoms with E-state index in [9.17, 15) is 5.11 Å². The molecule has 1 aromatic carbocycles. The molecular formula is C15H24INO2. The number of para-hydroxylation sites is 1. The Balaban J connectivity index is 2.25. The predicted octanol–water partition coefficient (Wildman–Crippen LogP) is 3.52. The maximum absolute atomic E-state index is 9.89. The third-order valence-electron chi connectivity index (χ3n) is 2.78. The van der Waals surface area contributed by atoms with Crippen LogP contribution in [-0.4, -0.2) is 30.5 Å². The third-order valence-corrected chi connectivity index (χ3v) is 3.72. The van der Waals surface area contributed by atoms with Crippen molar-refractivity contribution < 1.29 is 9.84 Å². The summed E-state index contributed by atoms with van der Waals surface area (Å²) < 4.78 is 6.80. The number of benzene rings is 1. The topological polar surface area (TPSA) is 41.5 Å². The van der Waals surface area contributed by atoms with Crippen LogP contribution in [0.5, 0.6) is 0 Å². The van der Waals surface area contributed by atoms with Gasteiger partial charge in [-0.25, -0.2) is 0 Å². The van der Waals surface area contributed by atoms with Crippen LogP contribution in [-0.2, 0) is 4.74 Å². The van der Waals surface area contributed by atoms with Gasteiger partial charge in [-0.1, -0.05) is 26.0 Å². The average molecular weight is 377 g/mol. The zero-order chi connectivity index (χ0) is 14.3. The van der Waals surface area contributed by atoms with Gasteiger partial charge < -0.3 is 15.2 Å². The summed E-state index contributed by atoms with van der Waals surface area (Å²) in [5.41, 5.74) is 1.05. The molecule has 0 radical (unpaired) electrons. The standard InChI is InChI=1S/C15H24INO2/c1-11(2)8-12(3)19-10-13(18)9-17-15-7-5-4-6-14(15)16/h4-7,11-13,17-18H,8-10H2,1-3H3. The highest BCUT2D eigenvalue weighted by atomic mass is 127. The Bertz CT molecular complexity index is 371. The van der Waals surface area contributed by atoms with Crippen molar-refractivity contribution in [2.24, 2.45) is 5.92 Å². The molecule has 0 bridgehead atoms. The van der Waals surface area contributed by atoms with Crippen LogP contribution in [0.1, 0.15) is 27.2 Å². The van der Waals surface area contributed by atoms with Crippen LogP contribution < -0.4 is 5.32 Å². The molecule has 3 nitrogen and oxygen atoms in total. The van der Waals surface area contributed by atoms with Crippen LogP contribution in [0.2, 0.25) is 0 Å². The Hall–Kier alpha value is -0.330. The van der Waals surface area contributed by atoms with Gasteiger partial charge in [0.1, 0.15) is 0 Å². The number of aliphatic hydroxyl groups is 1. The lowest BCUT2D eigenvalue weighted by atomic mass is 10.1. The molecule has 19 heavy (non-hydrogen) atoms. The summed E-state index contributed by atoms with van der Waals surface area (Å²) in [6.45, 7) is 7.30. The van der Waals surface area contributed by atoms with E-state index in [2.05, 4.69) is 48.7 Å². The van der Waals surface area contributed by atoms with Crippen molar-refractivity contribution in [3.8, 4) is 0 Å². The van der Waals surface area contributed by atoms with Gasteiger partial charge in [0.05, 0.1) is 18.8 Å². The molecule has 1 aromatic rings. The van der Waals surface area contributed by atoms with Gasteiger partial charge in [0.15, 0.2) is 0 Å². The monoisotopic (exact) mass is 377 g/mol. The summed E-state index contributed by atoms with van der Waals surface area (Å²) >= 11 is 2.28. The summed E-state index contributed by atoms with van der Waals surface area (Å²) in [6.07, 6.45) is 0.744. The quantitative estimate of drug-likeness (QED) is 0.682. The molecule has 2 atom stereocenters. The minimum atomic E-state index is -0.481. The van der Waals surface area contributed by atoms with Crippen LogP contribution in [0.15, 0.2) is 24.3 Å². The fraction of sp³-hybridized carbons (Fsp3) is 0.600. The van der Waals surface area contributed by atoms with Crippen molar-refractivity contribution in [2.45, 2.75) is 39.4 Å². The van der Waals surface area contributed by atoms with Crippen molar-refractivity contribution in [1.82, 2.24) is 0 Å². The van der Waals surface area contributed by atoms with E-state index in [1.807, 2.05) is 24.3 Å². The SMILES string of the molecule is CC(C)CC(C)OCC(O)CNc1ccccc1I. The van der Waals surface area contributed by atoms with E-state index in [4.69, 9.17) is 4.74 Å². The smallest absolute Gasteiger partial charge is 0.0945 e. The average Bonchev–Trinajstić information content (AvgIpc) is 2.34. The molecule has 0 aliphatic rings. The predicted molar refractivity (Wildman–Crippen MR) is 88.5 cm³/mol. The largest absolute Gasteiger partial charge is 0.389 e. The van der Waals surface area contributed by atoms with Crippen LogP contribution in [0, 0.1) is 9.49 Å². The van der Waals surface area contributed by atoms with E-state index in [1.165, 1.54) is 0 Å². The normalized spacial score (nSPS) is 14.4. The van der Waals surface area contributed by atoms with E-state index in [0.29, 0.717) is 19.1 Å². The van der Waals surface area contributed by atoms with Gasteiger partial charge in [-0.3, -0.25) is 0 Å². The van der Waals surface area contributed by atoms with E-state index in [0.717, 1.165) is 15.7 Å². The molecule has 108 valence electrons. The summed E-state index contributed by atoms with van der Waals surface area (Å²) in [6, 6.07) is 8.03. The molecule has 4 heteroatoms. The molecule has 0 saturated carbocycles. The molecule has 2 N–H and O–H groups in total. The summed E-state index contributed by atoms with van der Waals surface area (Å²) in [7, 11) is 0. The first-order valence-electron chi connectivity index (χ1n) is 6.77. The summed E-state index contributed by atoms with van der Waals surface area (Å²) in [5, 5.41) is 13.1. The van der Waals surface area contributed by atoms with E-state index < -0.39 is 6.10 Å². The summed E-state index contributed by atoms with van der Waals surface area (Å²) in [4.78, 5) is 0. The molecule has 0 amide bonds. The number of hydrogen-bond acceptors (Lipinski definition) is 3. The van der Waals surface area contributed by atoms with Crippen molar-refractivity contribution in [2.75, 3.05) is 18.5 Å². The van der Waals surface area contributed by atoms with Gasteiger partial charge in [-0.05, 0) is 54.0 Å². The van der Waals surface area contributed by atoms with Gasteiger partial charge in [0, 0.05) is 15.8 Å². The molecule has 0 saturated heterocycles. The maximum atomic E-state index is 9.89. The fourth-order valence-electron chi connectivity index (χ4n) is 1.90. The van der Waals surface area contributed by atoms with Gasteiger partial charge in [-0.15, -0.1) is 0 Å². The van der Waals surface area contributed by atoms with Crippen molar-refractivity contribution in [3.05, 3.63) is 27.8 Å². The fourth-order valence-corrected chi connectivity index (χ4v) is 2.48. The number of halogens is 1. The van der Waals surface area contributed by atoms with Gasteiger partial charge in [-0.2, -0.15) is 0 Å². The second-order valence-electron chi connectivity index (χ2n) is 5.29. The second kappa shape index (κ2) is 8.76. The lowest BCUT2D eigenvalue weighted by molar-refractivity contribution is -0.00444. The van der Waals surface area contributed by atoms with Gasteiger partial charge in [0.25, 0.3) is 0 Å². The Morgan fingerprint density at radius 1 is 1.26 bits per heavy atom. The van der Waals surface area contributed by atoms with Crippen molar-refractivity contribution >= 4 is 28.3 Å². The zero-order valence-corrected chi connectivity index (χ0v) is 14.1. The molecule has 0 aromatic heterocycles. The number of hydrogen-bond donors (Lipinski definition) is 2. The van der Waals surface area contributed by atoms with E-state index in [-0.39, 0.29) is 6.10 Å². The molecule has 0 spiro atoms. The Morgan fingerprint density at radius 3 is 2.58 bits per heavy atom. The van der Waals surface area contributed by atoms with Crippen LogP contribution in [0.3, 0.4) is 0 Å². The second-order valence-corrected chi connectivity index (χ2v) is 6.45. The van der Waals surface area contributed by atoms with Crippen LogP contribution in [0.4, 0.5) is 5.69 Å². The van der Waals surface area contributed by atoms with Crippen molar-refractivity contribution in [1.29, 1.82) is 0 Å².